The Morgan fingerprint density at radius 2 is 1.88 bits per heavy atom. The number of nitrogens with one attached hydrogen (secondary N) is 2. The molecule has 264 valence electrons. The molecule has 0 radical (unpaired) electrons. The second kappa shape index (κ2) is 12.3. The van der Waals surface area contributed by atoms with Crippen LogP contribution in [-0.4, -0.2) is 50.8 Å². The minimum atomic E-state index is -1.37. The number of fused-ring (bicyclic) bond motifs is 5. The van der Waals surface area contributed by atoms with Crippen LogP contribution in [0.1, 0.15) is 69.1 Å². The average molecular weight is 725 g/mol. The molecule has 6 aromatic rings. The van der Waals surface area contributed by atoms with Gasteiger partial charge in [-0.15, -0.1) is 16.4 Å². The van der Waals surface area contributed by atoms with Gasteiger partial charge in [0.05, 0.1) is 46.4 Å². The van der Waals surface area contributed by atoms with Crippen molar-refractivity contribution in [3.63, 3.8) is 0 Å². The maximum atomic E-state index is 15.7. The van der Waals surface area contributed by atoms with Crippen LogP contribution in [0.4, 0.5) is 19.0 Å². The highest BCUT2D eigenvalue weighted by atomic mass is 32.1. The van der Waals surface area contributed by atoms with E-state index in [4.69, 9.17) is 19.1 Å². The van der Waals surface area contributed by atoms with E-state index < -0.39 is 23.8 Å². The van der Waals surface area contributed by atoms with Gasteiger partial charge in [-0.3, -0.25) is 9.78 Å². The van der Waals surface area contributed by atoms with Crippen LogP contribution in [-0.2, 0) is 19.3 Å². The molecular formula is C38H31F3N6O4S. The number of methoxy groups -OCH3 is 1. The molecule has 14 heteroatoms. The molecule has 2 aromatic carbocycles. The second-order valence-electron chi connectivity index (χ2n) is 13.4. The number of amides is 1. The first-order valence-corrected chi connectivity index (χ1v) is 17.9. The molecule has 3 atom stereocenters. The number of H-pyrrole nitrogens is 1. The summed E-state index contributed by atoms with van der Waals surface area (Å²) in [5.41, 5.74) is 5.30. The largest absolute Gasteiger partial charge is 0.493 e. The maximum absolute atomic E-state index is 15.7. The van der Waals surface area contributed by atoms with Crippen molar-refractivity contribution in [3.05, 3.63) is 110 Å². The van der Waals surface area contributed by atoms with E-state index in [0.29, 0.717) is 79.7 Å². The number of pyridine rings is 2. The van der Waals surface area contributed by atoms with Crippen LogP contribution in [0.3, 0.4) is 0 Å². The van der Waals surface area contributed by atoms with Gasteiger partial charge in [0.2, 0.25) is 0 Å². The normalized spacial score (nSPS) is 19.0. The number of ether oxygens (including phenoxy) is 1. The van der Waals surface area contributed by atoms with Crippen molar-refractivity contribution < 1.29 is 27.1 Å². The molecule has 1 aliphatic carbocycles. The zero-order chi connectivity index (χ0) is 35.8. The minimum absolute atomic E-state index is 0.00149. The molecule has 6 heterocycles. The average Bonchev–Trinajstić information content (AvgIpc) is 3.96. The van der Waals surface area contributed by atoms with Crippen molar-refractivity contribution in [1.82, 2.24) is 25.1 Å². The Hall–Kier alpha value is -5.50. The summed E-state index contributed by atoms with van der Waals surface area (Å²) in [7, 11) is 1.37. The number of nitrogens with zero attached hydrogens (tertiary/aromatic N) is 4. The van der Waals surface area contributed by atoms with Crippen LogP contribution in [0.5, 0.6) is 5.75 Å². The molecule has 1 amide bonds. The fourth-order valence-corrected chi connectivity index (χ4v) is 9.17. The molecule has 0 unspecified atom stereocenters. The summed E-state index contributed by atoms with van der Waals surface area (Å²) in [6.45, 7) is 2.44. The van der Waals surface area contributed by atoms with Crippen LogP contribution < -0.4 is 15.8 Å². The van der Waals surface area contributed by atoms with Crippen LogP contribution in [0, 0.1) is 18.6 Å². The fourth-order valence-electron chi connectivity index (χ4n) is 8.02. The molecule has 3 aliphatic rings. The number of rotatable bonds is 8. The number of hydrogen-bond donors (Lipinski definition) is 2. The molecule has 9 rings (SSSR count). The number of alkyl halides is 1. The van der Waals surface area contributed by atoms with E-state index in [-0.39, 0.29) is 35.8 Å². The van der Waals surface area contributed by atoms with Crippen LogP contribution in [0.2, 0.25) is 0 Å². The SMILES string of the molecule is COc1c(F)ccc2c1C[C@H](F)[C@@H]2Nc1nc(C)cc2cc(-c3c4c(nc(CCc5ccc(F)cc5)c3-c3n[nH]c(=O)o3)[C@@H]3CCCN3C4=O)sc12. The minimum Gasteiger partial charge on any atom is -0.493 e. The highest BCUT2D eigenvalue weighted by Gasteiger charge is 2.45. The summed E-state index contributed by atoms with van der Waals surface area (Å²) in [6.07, 6.45) is 1.14. The van der Waals surface area contributed by atoms with Crippen molar-refractivity contribution in [2.24, 2.45) is 0 Å². The van der Waals surface area contributed by atoms with Crippen molar-refractivity contribution in [2.45, 2.75) is 57.3 Å². The van der Waals surface area contributed by atoms with Gasteiger partial charge in [0.25, 0.3) is 11.8 Å². The smallest absolute Gasteiger partial charge is 0.434 e. The van der Waals surface area contributed by atoms with Crippen molar-refractivity contribution in [3.8, 4) is 27.6 Å². The molecule has 1 fully saturated rings. The Kier molecular flexibility index (Phi) is 7.68. The first kappa shape index (κ1) is 32.4. The number of carbonyl (C=O) groups excluding carboxylic acids is 1. The first-order valence-electron chi connectivity index (χ1n) is 17.0. The Morgan fingerprint density at radius 3 is 2.65 bits per heavy atom. The summed E-state index contributed by atoms with van der Waals surface area (Å²) < 4.78 is 55.5. The van der Waals surface area contributed by atoms with Gasteiger partial charge in [-0.05, 0) is 79.5 Å². The molecule has 1 saturated heterocycles. The number of hydrogen-bond acceptors (Lipinski definition) is 9. The maximum Gasteiger partial charge on any atom is 0.434 e. The number of benzene rings is 2. The van der Waals surface area contributed by atoms with E-state index in [1.807, 2.05) is 24.0 Å². The lowest BCUT2D eigenvalue weighted by atomic mass is 9.93. The predicted octanol–water partition coefficient (Wildman–Crippen LogP) is 7.42. The molecule has 0 bridgehead atoms. The topological polar surface area (TPSA) is 126 Å². The molecular weight excluding hydrogens is 694 g/mol. The molecule has 52 heavy (non-hydrogen) atoms. The number of thiophene rings is 1. The zero-order valence-corrected chi connectivity index (χ0v) is 28.9. The van der Waals surface area contributed by atoms with E-state index in [0.717, 1.165) is 23.8 Å². The summed E-state index contributed by atoms with van der Waals surface area (Å²) in [4.78, 5) is 39.0. The van der Waals surface area contributed by atoms with E-state index in [1.165, 1.54) is 36.6 Å². The second-order valence-corrected chi connectivity index (χ2v) is 14.5. The quantitative estimate of drug-likeness (QED) is 0.166. The number of halogens is 3. The van der Waals surface area contributed by atoms with Crippen molar-refractivity contribution in [2.75, 3.05) is 19.0 Å². The van der Waals surface area contributed by atoms with Crippen molar-refractivity contribution >= 4 is 33.1 Å². The highest BCUT2D eigenvalue weighted by molar-refractivity contribution is 7.23. The monoisotopic (exact) mass is 724 g/mol. The van der Waals surface area contributed by atoms with Gasteiger partial charge in [-0.25, -0.2) is 28.0 Å². The number of aryl methyl sites for hydroxylation is 3. The third kappa shape index (κ3) is 5.18. The third-order valence-corrected chi connectivity index (χ3v) is 11.4. The van der Waals surface area contributed by atoms with E-state index in [1.54, 1.807) is 18.2 Å². The van der Waals surface area contributed by atoms with Gasteiger partial charge in [-0.1, -0.05) is 18.2 Å². The summed E-state index contributed by atoms with van der Waals surface area (Å²) in [5, 5.41) is 10.7. The van der Waals surface area contributed by atoms with Crippen LogP contribution >= 0.6 is 11.3 Å². The van der Waals surface area contributed by atoms with Gasteiger partial charge in [0, 0.05) is 34.7 Å². The summed E-state index contributed by atoms with van der Waals surface area (Å²) in [5.74, 6) is -1.32. The van der Waals surface area contributed by atoms with Crippen molar-refractivity contribution in [1.29, 1.82) is 0 Å². The fraction of sp³-hybridized carbons (Fsp3) is 0.289. The van der Waals surface area contributed by atoms with E-state index in [9.17, 15) is 18.4 Å². The standard InChI is InChI=1S/C38H31F3N6O4S/c1-17-14-19-15-27(52-34(19)35(42-17)44-31-21-10-11-23(40)33(50-2)22(21)16-24(31)41)29-28(36-45-46-38(49)51-36)25(12-7-18-5-8-20(39)9-6-18)43-32-26-4-3-13-47(26)37(48)30(29)32/h5-6,8-11,14-15,24,26,31H,3-4,7,12-13,16H2,1-2H3,(H,42,44)(H,46,49)/t24-,26-,31+/m0/s1. The van der Waals surface area contributed by atoms with Gasteiger partial charge in [-0.2, -0.15) is 0 Å². The first-order chi connectivity index (χ1) is 25.2. The lowest BCUT2D eigenvalue weighted by Gasteiger charge is -2.18. The van der Waals surface area contributed by atoms with E-state index in [2.05, 4.69) is 15.5 Å². The number of carbonyl (C=O) groups is 1. The Labute approximate surface area is 298 Å². The number of anilines is 1. The van der Waals surface area contributed by atoms with Gasteiger partial charge in [0.15, 0.2) is 11.6 Å². The molecule has 0 saturated carbocycles. The van der Waals surface area contributed by atoms with Crippen LogP contribution in [0.15, 0.2) is 57.7 Å². The molecule has 2 aliphatic heterocycles. The molecule has 0 spiro atoms. The Balaban J connectivity index is 1.22. The summed E-state index contributed by atoms with van der Waals surface area (Å²) >= 11 is 1.37. The number of aromatic amines is 1. The molecule has 10 nitrogen and oxygen atoms in total. The summed E-state index contributed by atoms with van der Waals surface area (Å²) in [6, 6.07) is 12.0. The predicted molar refractivity (Wildman–Crippen MR) is 188 cm³/mol. The molecule has 2 N–H and O–H groups in total. The zero-order valence-electron chi connectivity index (χ0n) is 28.1. The lowest BCUT2D eigenvalue weighted by molar-refractivity contribution is 0.0776. The van der Waals surface area contributed by atoms with E-state index >= 15 is 4.39 Å². The highest BCUT2D eigenvalue weighted by Crippen LogP contribution is 2.51. The van der Waals surface area contributed by atoms with Crippen LogP contribution in [0.25, 0.3) is 32.0 Å². The Morgan fingerprint density at radius 1 is 1.06 bits per heavy atom. The Bertz CT molecular complexity index is 2480. The lowest BCUT2D eigenvalue weighted by Crippen LogP contribution is -2.22. The molecule has 4 aromatic heterocycles. The number of aromatic nitrogens is 4. The van der Waals surface area contributed by atoms with Gasteiger partial charge >= 0.3 is 5.76 Å². The van der Waals surface area contributed by atoms with Gasteiger partial charge < -0.3 is 19.4 Å². The van der Waals surface area contributed by atoms with Gasteiger partial charge in [0.1, 0.15) is 17.8 Å². The third-order valence-electron chi connectivity index (χ3n) is 10.3.